The van der Waals surface area contributed by atoms with Crippen LogP contribution in [-0.4, -0.2) is 54.5 Å². The molecule has 0 saturated heterocycles. The third-order valence-corrected chi connectivity index (χ3v) is 1.75. The average molecular weight is 302 g/mol. The van der Waals surface area contributed by atoms with Gasteiger partial charge in [-0.2, -0.15) is 15.3 Å². The maximum Gasteiger partial charge on any atom is 1.00 e. The van der Waals surface area contributed by atoms with Crippen molar-refractivity contribution in [3.05, 3.63) is 6.33 Å². The number of hydrogen-bond acceptors (Lipinski definition) is 11. The number of aromatic nitrogens is 7. The van der Waals surface area contributed by atoms with E-state index in [0.29, 0.717) is 0 Å². The normalized spacial score (nSPS) is 12.4. The fraction of sp³-hybridized carbons (Fsp3) is 0.429. The average Bonchev–Trinajstić information content (AvgIpc) is 3.12. The molecule has 0 aliphatic carbocycles. The van der Waals surface area contributed by atoms with Crippen LogP contribution >= 0.6 is 0 Å². The minimum absolute atomic E-state index is 0. The van der Waals surface area contributed by atoms with E-state index in [9.17, 15) is 4.79 Å². The van der Waals surface area contributed by atoms with Crippen molar-refractivity contribution in [1.82, 2.24) is 35.8 Å². The van der Waals surface area contributed by atoms with Crippen molar-refractivity contribution in [1.29, 1.82) is 0 Å². The predicted molar refractivity (Wildman–Crippen MR) is 60.0 cm³/mol. The van der Waals surface area contributed by atoms with E-state index >= 15 is 0 Å². The number of aromatic amines is 2. The number of nitrogens with one attached hydrogen (secondary N) is 2. The van der Waals surface area contributed by atoms with Crippen molar-refractivity contribution in [2.75, 3.05) is 6.61 Å². The van der Waals surface area contributed by atoms with Crippen molar-refractivity contribution in [3.63, 3.8) is 0 Å². The minimum atomic E-state index is -1.29. The quantitative estimate of drug-likeness (QED) is 0.326. The summed E-state index contributed by atoms with van der Waals surface area (Å²) < 4.78 is 4.79. The summed E-state index contributed by atoms with van der Waals surface area (Å²) >= 11 is 0. The van der Waals surface area contributed by atoms with Crippen LogP contribution in [0, 0.1) is 0 Å². The number of esters is 1. The van der Waals surface area contributed by atoms with Crippen molar-refractivity contribution in [2.45, 2.75) is 13.1 Å². The third kappa shape index (κ3) is 5.41. The molecule has 0 radical (unpaired) electrons. The Balaban J connectivity index is 0.00000220. The van der Waals surface area contributed by atoms with E-state index in [0.717, 1.165) is 0 Å². The van der Waals surface area contributed by atoms with Crippen molar-refractivity contribution in [3.8, 4) is 0 Å². The van der Waals surface area contributed by atoms with E-state index < -0.39 is 12.1 Å². The number of ether oxygens (including phenoxy) is 1. The molecule has 1 atom stereocenters. The molecule has 2 aromatic heterocycles. The molecule has 0 fully saturated rings. The summed E-state index contributed by atoms with van der Waals surface area (Å²) in [5, 5.41) is 33.1. The summed E-state index contributed by atoms with van der Waals surface area (Å²) in [6.07, 6.45) is -0.0484. The standard InChI is InChI=1S/C7H9N11O2.Na/c1-2-20-5(19)4(10-13-6-8-3-9-12-6)11-14-7-15-17-18-16-7;/h3-4H,2H2,1H3,(H,8,9,12)(H,15,16,17,18);/q;+1/b13-10+,14-11-;. The molecule has 14 heteroatoms. The first-order valence-electron chi connectivity index (χ1n) is 5.36. The first-order valence-corrected chi connectivity index (χ1v) is 5.36. The Morgan fingerprint density at radius 1 is 1.43 bits per heavy atom. The van der Waals surface area contributed by atoms with Crippen LogP contribution in [0.3, 0.4) is 0 Å². The van der Waals surface area contributed by atoms with Gasteiger partial charge in [0.1, 0.15) is 6.33 Å². The molecule has 0 spiro atoms. The van der Waals surface area contributed by atoms with Gasteiger partial charge in [-0.3, -0.25) is 0 Å². The van der Waals surface area contributed by atoms with Crippen LogP contribution in [0.1, 0.15) is 6.92 Å². The van der Waals surface area contributed by atoms with Crippen LogP contribution in [0.15, 0.2) is 26.8 Å². The zero-order valence-electron chi connectivity index (χ0n) is 11.2. The Bertz CT molecular complexity index is 536. The number of azo groups is 2. The smallest absolute Gasteiger partial charge is 0.463 e. The maximum atomic E-state index is 11.6. The summed E-state index contributed by atoms with van der Waals surface area (Å²) in [6, 6.07) is 0. The van der Waals surface area contributed by atoms with Crippen LogP contribution in [0.4, 0.5) is 11.9 Å². The second kappa shape index (κ2) is 8.93. The zero-order chi connectivity index (χ0) is 14.2. The summed E-state index contributed by atoms with van der Waals surface area (Å²) in [4.78, 5) is 15.3. The first kappa shape index (κ1) is 16.9. The Hall–Kier alpha value is -2.12. The molecule has 0 aliphatic rings. The SMILES string of the molecule is CCOC(=O)C(/N=N\c1nn[nH]n1)/N=N/c1ncn[nH]1.[Na+]. The van der Waals surface area contributed by atoms with E-state index in [1.165, 1.54) is 6.33 Å². The number of carbonyl (C=O) groups excluding carboxylic acids is 1. The Kier molecular flexibility index (Phi) is 7.20. The molecule has 21 heavy (non-hydrogen) atoms. The monoisotopic (exact) mass is 302 g/mol. The van der Waals surface area contributed by atoms with Gasteiger partial charge in [-0.05, 0) is 12.1 Å². The molecule has 0 bridgehead atoms. The molecule has 0 amide bonds. The summed E-state index contributed by atoms with van der Waals surface area (Å²) in [7, 11) is 0. The molecule has 2 rings (SSSR count). The second-order valence-corrected chi connectivity index (χ2v) is 3.08. The number of nitrogens with zero attached hydrogens (tertiary/aromatic N) is 9. The van der Waals surface area contributed by atoms with Gasteiger partial charge in [0, 0.05) is 0 Å². The van der Waals surface area contributed by atoms with Crippen molar-refractivity contribution in [2.24, 2.45) is 20.5 Å². The van der Waals surface area contributed by atoms with Crippen LogP contribution in [0.5, 0.6) is 0 Å². The predicted octanol–water partition coefficient (Wildman–Crippen LogP) is -2.92. The van der Waals surface area contributed by atoms with E-state index in [1.807, 2.05) is 0 Å². The summed E-state index contributed by atoms with van der Waals surface area (Å²) in [6.45, 7) is 1.82. The topological polar surface area (TPSA) is 172 Å². The van der Waals surface area contributed by atoms with Crippen LogP contribution in [-0.2, 0) is 9.53 Å². The summed E-state index contributed by atoms with van der Waals surface area (Å²) in [5.41, 5.74) is 0. The molecule has 104 valence electrons. The van der Waals surface area contributed by atoms with Gasteiger partial charge >= 0.3 is 41.5 Å². The Morgan fingerprint density at radius 3 is 2.86 bits per heavy atom. The Labute approximate surface area is 139 Å². The van der Waals surface area contributed by atoms with Crippen molar-refractivity contribution < 1.29 is 39.1 Å². The largest absolute Gasteiger partial charge is 1.00 e. The number of tetrazole rings is 1. The van der Waals surface area contributed by atoms with Gasteiger partial charge in [-0.1, -0.05) is 5.10 Å². The van der Waals surface area contributed by atoms with Crippen LogP contribution < -0.4 is 29.6 Å². The summed E-state index contributed by atoms with van der Waals surface area (Å²) in [5.74, 6) is -0.647. The molecule has 2 aromatic rings. The van der Waals surface area contributed by atoms with Crippen LogP contribution in [0.2, 0.25) is 0 Å². The van der Waals surface area contributed by atoms with Crippen LogP contribution in [0.25, 0.3) is 0 Å². The molecule has 1 unspecified atom stereocenters. The molecular weight excluding hydrogens is 293 g/mol. The van der Waals surface area contributed by atoms with Gasteiger partial charge in [-0.15, -0.1) is 25.6 Å². The number of H-pyrrole nitrogens is 2. The molecule has 0 saturated carbocycles. The van der Waals surface area contributed by atoms with Gasteiger partial charge < -0.3 is 4.74 Å². The van der Waals surface area contributed by atoms with E-state index in [-0.39, 0.29) is 48.1 Å². The van der Waals surface area contributed by atoms with Gasteiger partial charge in [0.15, 0.2) is 0 Å². The third-order valence-electron chi connectivity index (χ3n) is 1.75. The van der Waals surface area contributed by atoms with E-state index in [4.69, 9.17) is 4.74 Å². The van der Waals surface area contributed by atoms with Gasteiger partial charge in [-0.25, -0.2) is 9.89 Å². The second-order valence-electron chi connectivity index (χ2n) is 3.08. The van der Waals surface area contributed by atoms with E-state index in [1.54, 1.807) is 6.92 Å². The molecule has 2 heterocycles. The fourth-order valence-electron chi connectivity index (χ4n) is 0.996. The molecule has 0 aliphatic heterocycles. The fourth-order valence-corrected chi connectivity index (χ4v) is 0.996. The molecular formula is C7H9N11NaO2+. The number of hydrogen-bond donors (Lipinski definition) is 2. The molecule has 2 N–H and O–H groups in total. The van der Waals surface area contributed by atoms with Gasteiger partial charge in [0.25, 0.3) is 12.1 Å². The number of rotatable bonds is 6. The van der Waals surface area contributed by atoms with E-state index in [2.05, 4.69) is 56.3 Å². The van der Waals surface area contributed by atoms with Gasteiger partial charge in [0.2, 0.25) is 0 Å². The maximum absolute atomic E-state index is 11.6. The Morgan fingerprint density at radius 2 is 2.24 bits per heavy atom. The van der Waals surface area contributed by atoms with Crippen molar-refractivity contribution >= 4 is 17.9 Å². The first-order chi connectivity index (χ1) is 9.79. The minimum Gasteiger partial charge on any atom is -0.463 e. The molecule has 13 nitrogen and oxygen atoms in total. The van der Waals surface area contributed by atoms with Gasteiger partial charge in [0.05, 0.1) is 6.61 Å². The molecule has 0 aromatic carbocycles. The number of carbonyl (C=O) groups is 1. The zero-order valence-corrected chi connectivity index (χ0v) is 13.2.